The summed E-state index contributed by atoms with van der Waals surface area (Å²) in [6.07, 6.45) is 2.67. The molecule has 32 heavy (non-hydrogen) atoms. The molecular formula is C23H25NO8. The van der Waals surface area contributed by atoms with Crippen molar-refractivity contribution in [2.24, 2.45) is 5.41 Å². The van der Waals surface area contributed by atoms with Crippen LogP contribution in [0.5, 0.6) is 0 Å². The fraction of sp³-hybridized carbons (Fsp3) is 0.391. The number of ether oxygens (including phenoxy) is 3. The number of fused-ring (bicyclic) bond motifs is 1. The van der Waals surface area contributed by atoms with Crippen molar-refractivity contribution in [2.45, 2.75) is 45.9 Å². The second-order valence-corrected chi connectivity index (χ2v) is 8.41. The van der Waals surface area contributed by atoms with Crippen LogP contribution in [-0.4, -0.2) is 52.9 Å². The number of amides is 1. The van der Waals surface area contributed by atoms with Crippen LogP contribution in [-0.2, 0) is 33.4 Å². The van der Waals surface area contributed by atoms with Crippen LogP contribution in [0.1, 0.15) is 39.2 Å². The maximum atomic E-state index is 12.7. The third-order valence-electron chi connectivity index (χ3n) is 4.95. The van der Waals surface area contributed by atoms with Gasteiger partial charge in [-0.05, 0) is 26.3 Å². The van der Waals surface area contributed by atoms with Crippen LogP contribution in [0.4, 0.5) is 0 Å². The second-order valence-electron chi connectivity index (χ2n) is 8.41. The SMILES string of the molecule is CC(C)(C)C(=O)OCOC(=O)C1C(=C(C/C=C/c2ccccc2)C(=O)O)O[C@@H]2CC(=O)N12. The molecule has 9 heteroatoms. The summed E-state index contributed by atoms with van der Waals surface area (Å²) in [5.41, 5.74) is -0.0631. The van der Waals surface area contributed by atoms with Crippen molar-refractivity contribution in [1.29, 1.82) is 0 Å². The molecule has 0 aromatic heterocycles. The summed E-state index contributed by atoms with van der Waals surface area (Å²) >= 11 is 0. The Morgan fingerprint density at radius 2 is 1.88 bits per heavy atom. The number of esters is 2. The average molecular weight is 443 g/mol. The van der Waals surface area contributed by atoms with Crippen LogP contribution in [0.15, 0.2) is 47.7 Å². The minimum Gasteiger partial charge on any atom is -0.478 e. The Labute approximate surface area is 185 Å². The van der Waals surface area contributed by atoms with Gasteiger partial charge < -0.3 is 19.3 Å². The molecular weight excluding hydrogens is 418 g/mol. The molecule has 2 aliphatic heterocycles. The molecule has 0 spiro atoms. The van der Waals surface area contributed by atoms with Gasteiger partial charge >= 0.3 is 17.9 Å². The van der Waals surface area contributed by atoms with Gasteiger partial charge in [0.25, 0.3) is 0 Å². The summed E-state index contributed by atoms with van der Waals surface area (Å²) in [4.78, 5) is 49.7. The number of benzene rings is 1. The molecule has 0 bridgehead atoms. The molecule has 0 radical (unpaired) electrons. The van der Waals surface area contributed by atoms with Gasteiger partial charge in [0.05, 0.1) is 17.4 Å². The first-order valence-corrected chi connectivity index (χ1v) is 10.1. The monoisotopic (exact) mass is 443 g/mol. The fourth-order valence-electron chi connectivity index (χ4n) is 3.21. The molecule has 2 heterocycles. The van der Waals surface area contributed by atoms with E-state index >= 15 is 0 Å². The predicted molar refractivity (Wildman–Crippen MR) is 111 cm³/mol. The number of carbonyl (C=O) groups is 4. The van der Waals surface area contributed by atoms with Crippen LogP contribution in [0.2, 0.25) is 0 Å². The lowest BCUT2D eigenvalue weighted by Gasteiger charge is -2.33. The highest BCUT2D eigenvalue weighted by atomic mass is 16.7. The number of β-lactam (4-membered cyclic amide) rings is 1. The Morgan fingerprint density at radius 1 is 1.19 bits per heavy atom. The van der Waals surface area contributed by atoms with Gasteiger partial charge in [0.1, 0.15) is 5.76 Å². The van der Waals surface area contributed by atoms with Gasteiger partial charge in [-0.25, -0.2) is 9.59 Å². The molecule has 1 aromatic rings. The third kappa shape index (κ3) is 4.99. The highest BCUT2D eigenvalue weighted by molar-refractivity contribution is 5.95. The van der Waals surface area contributed by atoms with E-state index in [1.165, 1.54) is 0 Å². The third-order valence-corrected chi connectivity index (χ3v) is 4.95. The van der Waals surface area contributed by atoms with Crippen LogP contribution >= 0.6 is 0 Å². The Bertz CT molecular complexity index is 973. The lowest BCUT2D eigenvalue weighted by molar-refractivity contribution is -0.179. The lowest BCUT2D eigenvalue weighted by Crippen LogP contribution is -2.55. The summed E-state index contributed by atoms with van der Waals surface area (Å²) in [6, 6.07) is 7.95. The molecule has 0 aliphatic carbocycles. The quantitative estimate of drug-likeness (QED) is 0.295. The standard InChI is InChI=1S/C23H25NO8/c1-23(2,3)22(29)31-13-30-21(28)18-19(32-17-12-16(25)24(17)18)15(20(26)27)11-7-10-14-8-5-4-6-9-14/h4-10,17-18H,11-13H2,1-3H3,(H,26,27)/b10-7+,19-15?/t17-,18?/m1/s1. The van der Waals surface area contributed by atoms with Gasteiger partial charge in [-0.1, -0.05) is 42.5 Å². The smallest absolute Gasteiger partial charge is 0.339 e. The molecule has 2 fully saturated rings. The highest BCUT2D eigenvalue weighted by Crippen LogP contribution is 2.39. The number of allylic oxidation sites excluding steroid dienone is 1. The molecule has 3 rings (SSSR count). The molecule has 1 aromatic carbocycles. The number of aliphatic carboxylic acids is 1. The summed E-state index contributed by atoms with van der Waals surface area (Å²) in [5.74, 6) is -3.27. The highest BCUT2D eigenvalue weighted by Gasteiger charge is 2.55. The maximum Gasteiger partial charge on any atom is 0.339 e. The first kappa shape index (κ1) is 23.1. The van der Waals surface area contributed by atoms with Crippen molar-refractivity contribution in [3.63, 3.8) is 0 Å². The summed E-state index contributed by atoms with van der Waals surface area (Å²) in [6.45, 7) is 4.29. The minimum atomic E-state index is -1.34. The Balaban J connectivity index is 1.78. The predicted octanol–water partition coefficient (Wildman–Crippen LogP) is 2.48. The lowest BCUT2D eigenvalue weighted by atomic mass is 9.98. The minimum absolute atomic E-state index is 0.0307. The normalized spacial score (nSPS) is 21.5. The van der Waals surface area contributed by atoms with Crippen molar-refractivity contribution in [1.82, 2.24) is 4.90 Å². The number of carbonyl (C=O) groups excluding carboxylic acids is 3. The Morgan fingerprint density at radius 3 is 2.47 bits per heavy atom. The molecule has 0 saturated carbocycles. The Hall–Kier alpha value is -3.62. The van der Waals surface area contributed by atoms with Gasteiger partial charge in [-0.15, -0.1) is 0 Å². The molecule has 2 atom stereocenters. The van der Waals surface area contributed by atoms with Crippen LogP contribution in [0.25, 0.3) is 6.08 Å². The number of rotatable bonds is 7. The van der Waals surface area contributed by atoms with Crippen molar-refractivity contribution in [2.75, 3.05) is 6.79 Å². The van der Waals surface area contributed by atoms with Gasteiger partial charge in [0.2, 0.25) is 12.7 Å². The molecule has 2 saturated heterocycles. The number of carboxylic acid groups (broad SMARTS) is 1. The van der Waals surface area contributed by atoms with E-state index < -0.39 is 42.4 Å². The average Bonchev–Trinajstić information content (AvgIpc) is 3.03. The van der Waals surface area contributed by atoms with E-state index in [0.717, 1.165) is 10.5 Å². The first-order chi connectivity index (χ1) is 15.1. The van der Waals surface area contributed by atoms with Crippen LogP contribution in [0, 0.1) is 5.41 Å². The van der Waals surface area contributed by atoms with E-state index in [1.807, 2.05) is 30.3 Å². The zero-order valence-corrected chi connectivity index (χ0v) is 18.1. The van der Waals surface area contributed by atoms with Crippen molar-refractivity contribution in [3.05, 3.63) is 53.3 Å². The second kappa shape index (κ2) is 9.25. The molecule has 170 valence electrons. The first-order valence-electron chi connectivity index (χ1n) is 10.1. The van der Waals surface area contributed by atoms with Crippen LogP contribution in [0.3, 0.4) is 0 Å². The summed E-state index contributed by atoms with van der Waals surface area (Å²) in [7, 11) is 0. The van der Waals surface area contributed by atoms with Gasteiger partial charge in [0.15, 0.2) is 12.3 Å². The van der Waals surface area contributed by atoms with E-state index in [1.54, 1.807) is 32.9 Å². The zero-order chi connectivity index (χ0) is 23.5. The van der Waals surface area contributed by atoms with Crippen LogP contribution < -0.4 is 0 Å². The van der Waals surface area contributed by atoms with Crippen molar-refractivity contribution >= 4 is 29.9 Å². The number of nitrogens with zero attached hydrogens (tertiary/aromatic N) is 1. The van der Waals surface area contributed by atoms with Gasteiger partial charge in [-0.3, -0.25) is 14.5 Å². The van der Waals surface area contributed by atoms with Crippen molar-refractivity contribution in [3.8, 4) is 0 Å². The fourth-order valence-corrected chi connectivity index (χ4v) is 3.21. The summed E-state index contributed by atoms with van der Waals surface area (Å²) < 4.78 is 15.6. The topological polar surface area (TPSA) is 119 Å². The van der Waals surface area contributed by atoms with E-state index in [4.69, 9.17) is 14.2 Å². The van der Waals surface area contributed by atoms with Gasteiger partial charge in [-0.2, -0.15) is 0 Å². The van der Waals surface area contributed by atoms with E-state index in [-0.39, 0.29) is 30.1 Å². The van der Waals surface area contributed by atoms with E-state index in [0.29, 0.717) is 0 Å². The van der Waals surface area contributed by atoms with E-state index in [2.05, 4.69) is 0 Å². The number of hydrogen-bond donors (Lipinski definition) is 1. The molecule has 1 N–H and O–H groups in total. The largest absolute Gasteiger partial charge is 0.478 e. The maximum absolute atomic E-state index is 12.7. The van der Waals surface area contributed by atoms with Gasteiger partial charge in [0, 0.05) is 6.42 Å². The Kier molecular flexibility index (Phi) is 6.67. The molecule has 1 unspecified atom stereocenters. The molecule has 1 amide bonds. The zero-order valence-electron chi connectivity index (χ0n) is 18.1. The number of hydrogen-bond acceptors (Lipinski definition) is 7. The molecule has 9 nitrogen and oxygen atoms in total. The number of carboxylic acids is 1. The summed E-state index contributed by atoms with van der Waals surface area (Å²) in [5, 5.41) is 9.73. The van der Waals surface area contributed by atoms with E-state index in [9.17, 15) is 24.3 Å². The molecule has 2 aliphatic rings. The van der Waals surface area contributed by atoms with Crippen molar-refractivity contribution < 1.29 is 38.5 Å².